The third-order valence-corrected chi connectivity index (χ3v) is 4.39. The van der Waals surface area contributed by atoms with Gasteiger partial charge in [-0.1, -0.05) is 12.2 Å². The molecule has 21 heavy (non-hydrogen) atoms. The van der Waals surface area contributed by atoms with Crippen LogP contribution in [0.15, 0.2) is 36.4 Å². The molecule has 0 radical (unpaired) electrons. The van der Waals surface area contributed by atoms with Crippen LogP contribution in [0.1, 0.15) is 36.0 Å². The summed E-state index contributed by atoms with van der Waals surface area (Å²) < 4.78 is 12.8. The average Bonchev–Trinajstić information content (AvgIpc) is 2.49. The van der Waals surface area contributed by atoms with Crippen molar-refractivity contribution in [3.05, 3.63) is 47.8 Å². The zero-order valence-corrected chi connectivity index (χ0v) is 12.8. The summed E-state index contributed by atoms with van der Waals surface area (Å²) in [6.45, 7) is 2.13. The van der Waals surface area contributed by atoms with Gasteiger partial charge in [-0.05, 0) is 56.0 Å². The lowest BCUT2D eigenvalue weighted by molar-refractivity contribution is 0.0957. The highest BCUT2D eigenvalue weighted by atomic mass is 35.5. The molecule has 1 saturated heterocycles. The van der Waals surface area contributed by atoms with Crippen molar-refractivity contribution in [3.8, 4) is 0 Å². The fraction of sp³-hybridized carbons (Fsp3) is 0.471. The summed E-state index contributed by atoms with van der Waals surface area (Å²) >= 11 is 0. The van der Waals surface area contributed by atoms with Gasteiger partial charge in [0.15, 0.2) is 5.78 Å². The highest BCUT2D eigenvalue weighted by molar-refractivity contribution is 5.95. The fourth-order valence-corrected chi connectivity index (χ4v) is 3.24. The molecular weight excluding hydrogens is 289 g/mol. The van der Waals surface area contributed by atoms with Gasteiger partial charge in [-0.3, -0.25) is 9.69 Å². The fourth-order valence-electron chi connectivity index (χ4n) is 3.24. The van der Waals surface area contributed by atoms with E-state index in [9.17, 15) is 9.18 Å². The molecule has 0 spiro atoms. The predicted octanol–water partition coefficient (Wildman–Crippen LogP) is 3.86. The van der Waals surface area contributed by atoms with E-state index in [0.717, 1.165) is 19.5 Å². The van der Waals surface area contributed by atoms with Crippen LogP contribution in [0.25, 0.3) is 0 Å². The quantitative estimate of drug-likeness (QED) is 0.608. The zero-order chi connectivity index (χ0) is 13.9. The molecule has 2 nitrogen and oxygen atoms in total. The number of hydrogen-bond donors (Lipinski definition) is 0. The average molecular weight is 310 g/mol. The van der Waals surface area contributed by atoms with Gasteiger partial charge in [-0.2, -0.15) is 0 Å². The maximum Gasteiger partial charge on any atom is 0.162 e. The molecule has 1 aromatic rings. The lowest BCUT2D eigenvalue weighted by Gasteiger charge is -2.41. The van der Waals surface area contributed by atoms with Gasteiger partial charge in [0, 0.05) is 24.6 Å². The highest BCUT2D eigenvalue weighted by Crippen LogP contribution is 2.29. The van der Waals surface area contributed by atoms with E-state index in [1.165, 1.54) is 25.0 Å². The molecule has 0 N–H and O–H groups in total. The number of rotatable bonds is 5. The first-order chi connectivity index (χ1) is 9.72. The Morgan fingerprint density at radius 3 is 2.52 bits per heavy atom. The van der Waals surface area contributed by atoms with Crippen molar-refractivity contribution in [1.82, 2.24) is 4.90 Å². The van der Waals surface area contributed by atoms with Crippen LogP contribution in [0, 0.1) is 11.7 Å². The summed E-state index contributed by atoms with van der Waals surface area (Å²) in [5.74, 6) is 0.535. The monoisotopic (exact) mass is 309 g/mol. The van der Waals surface area contributed by atoms with Crippen LogP contribution in [-0.2, 0) is 0 Å². The number of Topliss-reactive ketones (excluding diaryl/α,β-unsaturated/α-hetero) is 1. The third kappa shape index (κ3) is 3.92. The first-order valence-electron chi connectivity index (χ1n) is 7.43. The SMILES string of the molecule is Cl.O=C(CCCN1CC2C=CC1CC2)c1ccc(F)cc1. The molecule has 1 fully saturated rings. The summed E-state index contributed by atoms with van der Waals surface area (Å²) in [7, 11) is 0. The summed E-state index contributed by atoms with van der Waals surface area (Å²) in [6.07, 6.45) is 8.66. The normalized spacial score (nSPS) is 23.9. The largest absolute Gasteiger partial charge is 0.296 e. The van der Waals surface area contributed by atoms with E-state index in [-0.39, 0.29) is 24.0 Å². The molecule has 114 valence electrons. The Hall–Kier alpha value is -1.19. The van der Waals surface area contributed by atoms with Gasteiger partial charge in [-0.25, -0.2) is 4.39 Å². The van der Waals surface area contributed by atoms with Crippen molar-refractivity contribution >= 4 is 18.2 Å². The summed E-state index contributed by atoms with van der Waals surface area (Å²) in [4.78, 5) is 14.5. The van der Waals surface area contributed by atoms with Crippen LogP contribution in [0.3, 0.4) is 0 Å². The van der Waals surface area contributed by atoms with Crippen LogP contribution >= 0.6 is 12.4 Å². The van der Waals surface area contributed by atoms with Crippen LogP contribution in [-0.4, -0.2) is 29.8 Å². The maximum absolute atomic E-state index is 12.8. The number of nitrogens with zero attached hydrogens (tertiary/aromatic N) is 1. The first-order valence-corrected chi connectivity index (χ1v) is 7.43. The molecule has 3 aliphatic rings. The highest BCUT2D eigenvalue weighted by Gasteiger charge is 2.28. The van der Waals surface area contributed by atoms with Crippen molar-refractivity contribution < 1.29 is 9.18 Å². The van der Waals surface area contributed by atoms with E-state index in [0.29, 0.717) is 23.9 Å². The second-order valence-electron chi connectivity index (χ2n) is 5.82. The number of carbonyl (C=O) groups excluding carboxylic acids is 1. The summed E-state index contributed by atoms with van der Waals surface area (Å²) in [5.41, 5.74) is 0.617. The van der Waals surface area contributed by atoms with Crippen molar-refractivity contribution in [2.45, 2.75) is 31.7 Å². The Morgan fingerprint density at radius 1 is 1.19 bits per heavy atom. The second-order valence-corrected chi connectivity index (χ2v) is 5.82. The van der Waals surface area contributed by atoms with E-state index >= 15 is 0 Å². The lowest BCUT2D eigenvalue weighted by Crippen LogP contribution is -2.45. The Bertz CT molecular complexity index is 514. The number of halogens is 2. The third-order valence-electron chi connectivity index (χ3n) is 4.39. The molecule has 4 rings (SSSR count). The zero-order valence-electron chi connectivity index (χ0n) is 12.0. The van der Waals surface area contributed by atoms with Crippen LogP contribution in [0.2, 0.25) is 0 Å². The number of fused-ring (bicyclic) bond motifs is 2. The van der Waals surface area contributed by atoms with Crippen LogP contribution in [0.4, 0.5) is 4.39 Å². The number of piperidine rings is 1. The molecule has 0 amide bonds. The standard InChI is InChI=1S/C17H20FNO.ClH/c18-15-7-5-14(6-8-15)17(20)2-1-11-19-12-13-3-9-16(19)10-4-13;/h3,5-9,13,16H,1-2,4,10-12H2;1H. The van der Waals surface area contributed by atoms with E-state index < -0.39 is 0 Å². The Balaban J connectivity index is 0.00000161. The van der Waals surface area contributed by atoms with Crippen LogP contribution in [0.5, 0.6) is 0 Å². The molecule has 0 saturated carbocycles. The first kappa shape index (κ1) is 16.2. The van der Waals surface area contributed by atoms with E-state index in [4.69, 9.17) is 0 Å². The Kier molecular flexibility index (Phi) is 5.54. The maximum atomic E-state index is 12.8. The lowest BCUT2D eigenvalue weighted by atomic mass is 9.86. The number of carbonyl (C=O) groups is 1. The Morgan fingerprint density at radius 2 is 1.95 bits per heavy atom. The van der Waals surface area contributed by atoms with Gasteiger partial charge in [0.05, 0.1) is 0 Å². The molecule has 2 bridgehead atoms. The van der Waals surface area contributed by atoms with Crippen molar-refractivity contribution in [2.75, 3.05) is 13.1 Å². The molecule has 4 heteroatoms. The topological polar surface area (TPSA) is 20.3 Å². The molecular formula is C17H21ClFNO. The minimum Gasteiger partial charge on any atom is -0.296 e. The van der Waals surface area contributed by atoms with Gasteiger partial charge < -0.3 is 0 Å². The van der Waals surface area contributed by atoms with Gasteiger partial charge >= 0.3 is 0 Å². The summed E-state index contributed by atoms with van der Waals surface area (Å²) in [6, 6.07) is 6.43. The molecule has 2 aliphatic heterocycles. The second kappa shape index (κ2) is 7.19. The van der Waals surface area contributed by atoms with Gasteiger partial charge in [0.25, 0.3) is 0 Å². The molecule has 2 heterocycles. The minimum absolute atomic E-state index is 0. The van der Waals surface area contributed by atoms with Crippen molar-refractivity contribution in [1.29, 1.82) is 0 Å². The van der Waals surface area contributed by atoms with E-state index in [1.807, 2.05) is 0 Å². The smallest absolute Gasteiger partial charge is 0.162 e. The number of benzene rings is 1. The van der Waals surface area contributed by atoms with Crippen LogP contribution < -0.4 is 0 Å². The van der Waals surface area contributed by atoms with Gasteiger partial charge in [-0.15, -0.1) is 12.4 Å². The summed E-state index contributed by atoms with van der Waals surface area (Å²) in [5, 5.41) is 0. The van der Waals surface area contributed by atoms with Crippen molar-refractivity contribution in [3.63, 3.8) is 0 Å². The van der Waals surface area contributed by atoms with E-state index in [1.54, 1.807) is 12.1 Å². The molecule has 2 unspecified atom stereocenters. The number of hydrogen-bond acceptors (Lipinski definition) is 2. The van der Waals surface area contributed by atoms with Gasteiger partial charge in [0.1, 0.15) is 5.82 Å². The minimum atomic E-state index is -0.294. The molecule has 1 aliphatic carbocycles. The molecule has 2 atom stereocenters. The van der Waals surface area contributed by atoms with Gasteiger partial charge in [0.2, 0.25) is 0 Å². The predicted molar refractivity (Wildman–Crippen MR) is 84.4 cm³/mol. The Labute approximate surface area is 131 Å². The van der Waals surface area contributed by atoms with E-state index in [2.05, 4.69) is 17.1 Å². The van der Waals surface area contributed by atoms with Crippen molar-refractivity contribution in [2.24, 2.45) is 5.92 Å². The molecule has 0 aromatic heterocycles. The molecule has 1 aromatic carbocycles. The number of ketones is 1.